The molecule has 0 bridgehead atoms. The lowest BCUT2D eigenvalue weighted by Gasteiger charge is -2.07. The van der Waals surface area contributed by atoms with E-state index in [1.54, 1.807) is 24.3 Å². The maximum Gasteiger partial charge on any atom is 0.265 e. The zero-order chi connectivity index (χ0) is 21.0. The van der Waals surface area contributed by atoms with Crippen molar-refractivity contribution < 1.29 is 18.0 Å². The van der Waals surface area contributed by atoms with Crippen LogP contribution in [0.1, 0.15) is 19.3 Å². The standard InChI is InChI=1S/C20H19N3O4S2/c1-21-20(25)18-16(13-7-4-3-5-8-13)12-17(28-18)19(24)22-14-9-6-10-15(11-14)23-29(2,26)27/h3-12,23H,1-2H3,(H,21,25)(H,22,24). The normalized spacial score (nSPS) is 11.0. The molecular weight excluding hydrogens is 410 g/mol. The van der Waals surface area contributed by atoms with Gasteiger partial charge in [-0.15, -0.1) is 11.3 Å². The van der Waals surface area contributed by atoms with Crippen molar-refractivity contribution in [2.45, 2.75) is 0 Å². The number of rotatable bonds is 6. The van der Waals surface area contributed by atoms with Gasteiger partial charge in [0.25, 0.3) is 11.8 Å². The lowest BCUT2D eigenvalue weighted by atomic mass is 10.1. The highest BCUT2D eigenvalue weighted by atomic mass is 32.2. The summed E-state index contributed by atoms with van der Waals surface area (Å²) in [5.74, 6) is -0.661. The van der Waals surface area contributed by atoms with Crippen LogP contribution < -0.4 is 15.4 Å². The quantitative estimate of drug-likeness (QED) is 0.559. The maximum absolute atomic E-state index is 12.7. The Kier molecular flexibility index (Phi) is 6.00. The van der Waals surface area contributed by atoms with Crippen LogP contribution in [-0.2, 0) is 10.0 Å². The summed E-state index contributed by atoms with van der Waals surface area (Å²) in [7, 11) is -1.89. The predicted octanol–water partition coefficient (Wildman–Crippen LogP) is 3.40. The molecule has 9 heteroatoms. The Morgan fingerprint density at radius 3 is 2.24 bits per heavy atom. The Hall–Kier alpha value is -3.17. The smallest absolute Gasteiger partial charge is 0.265 e. The van der Waals surface area contributed by atoms with E-state index in [4.69, 9.17) is 0 Å². The summed E-state index contributed by atoms with van der Waals surface area (Å²) in [6.45, 7) is 0. The summed E-state index contributed by atoms with van der Waals surface area (Å²) >= 11 is 1.09. The number of anilines is 2. The monoisotopic (exact) mass is 429 g/mol. The van der Waals surface area contributed by atoms with Crippen LogP contribution in [0.4, 0.5) is 11.4 Å². The number of sulfonamides is 1. The van der Waals surface area contributed by atoms with E-state index in [9.17, 15) is 18.0 Å². The molecule has 7 nitrogen and oxygen atoms in total. The molecule has 0 aliphatic carbocycles. The number of carbonyl (C=O) groups excluding carboxylic acids is 2. The maximum atomic E-state index is 12.7. The van der Waals surface area contributed by atoms with Crippen LogP contribution in [-0.4, -0.2) is 33.5 Å². The van der Waals surface area contributed by atoms with Gasteiger partial charge >= 0.3 is 0 Å². The third kappa shape index (κ3) is 5.21. The van der Waals surface area contributed by atoms with Gasteiger partial charge in [0.05, 0.1) is 16.8 Å². The minimum atomic E-state index is -3.43. The van der Waals surface area contributed by atoms with Crippen molar-refractivity contribution in [3.05, 3.63) is 70.4 Å². The van der Waals surface area contributed by atoms with E-state index < -0.39 is 10.0 Å². The van der Waals surface area contributed by atoms with Gasteiger partial charge in [0.1, 0.15) is 4.88 Å². The van der Waals surface area contributed by atoms with E-state index in [0.717, 1.165) is 23.2 Å². The van der Waals surface area contributed by atoms with Gasteiger partial charge in [0, 0.05) is 18.3 Å². The number of benzene rings is 2. The highest BCUT2D eigenvalue weighted by Gasteiger charge is 2.20. The summed E-state index contributed by atoms with van der Waals surface area (Å²) < 4.78 is 25.1. The second-order valence-electron chi connectivity index (χ2n) is 6.21. The predicted molar refractivity (Wildman–Crippen MR) is 116 cm³/mol. The molecule has 3 N–H and O–H groups in total. The summed E-state index contributed by atoms with van der Waals surface area (Å²) in [5, 5.41) is 5.34. The molecule has 0 radical (unpaired) electrons. The lowest BCUT2D eigenvalue weighted by molar-refractivity contribution is 0.0967. The van der Waals surface area contributed by atoms with E-state index in [2.05, 4.69) is 15.4 Å². The first-order valence-corrected chi connectivity index (χ1v) is 11.3. The minimum Gasteiger partial charge on any atom is -0.354 e. The van der Waals surface area contributed by atoms with Gasteiger partial charge in [-0.3, -0.25) is 14.3 Å². The van der Waals surface area contributed by atoms with Gasteiger partial charge in [-0.25, -0.2) is 8.42 Å². The summed E-state index contributed by atoms with van der Waals surface area (Å²) in [6.07, 6.45) is 1.05. The Labute approximate surface area is 172 Å². The lowest BCUT2D eigenvalue weighted by Crippen LogP contribution is -2.17. The van der Waals surface area contributed by atoms with Gasteiger partial charge in [0.15, 0.2) is 0 Å². The Morgan fingerprint density at radius 2 is 1.59 bits per heavy atom. The molecule has 0 fully saturated rings. The first-order chi connectivity index (χ1) is 13.8. The minimum absolute atomic E-state index is 0.271. The van der Waals surface area contributed by atoms with E-state index in [-0.39, 0.29) is 11.8 Å². The number of thiophene rings is 1. The summed E-state index contributed by atoms with van der Waals surface area (Å²) in [4.78, 5) is 25.8. The Bertz CT molecular complexity index is 1160. The van der Waals surface area contributed by atoms with Crippen LogP contribution >= 0.6 is 11.3 Å². The van der Waals surface area contributed by atoms with Crippen LogP contribution in [0.15, 0.2) is 60.7 Å². The van der Waals surface area contributed by atoms with Crippen LogP contribution in [0.25, 0.3) is 11.1 Å². The van der Waals surface area contributed by atoms with Crippen molar-refractivity contribution in [1.29, 1.82) is 0 Å². The molecule has 0 aliphatic heterocycles. The van der Waals surface area contributed by atoms with Crippen molar-refractivity contribution in [3.63, 3.8) is 0 Å². The van der Waals surface area contributed by atoms with Gasteiger partial charge in [-0.05, 0) is 29.8 Å². The van der Waals surface area contributed by atoms with Crippen molar-refractivity contribution in [2.24, 2.45) is 0 Å². The molecule has 3 rings (SSSR count). The van der Waals surface area contributed by atoms with E-state index in [1.165, 1.54) is 13.1 Å². The third-order valence-corrected chi connectivity index (χ3v) is 5.64. The fourth-order valence-corrected chi connectivity index (χ4v) is 4.26. The number of amides is 2. The fourth-order valence-electron chi connectivity index (χ4n) is 2.68. The first-order valence-electron chi connectivity index (χ1n) is 8.57. The number of hydrogen-bond acceptors (Lipinski definition) is 5. The van der Waals surface area contributed by atoms with Gasteiger partial charge in [-0.2, -0.15) is 0 Å². The van der Waals surface area contributed by atoms with E-state index in [1.807, 2.05) is 30.3 Å². The average molecular weight is 430 g/mol. The number of carbonyl (C=O) groups is 2. The third-order valence-electron chi connectivity index (χ3n) is 3.90. The second-order valence-corrected chi connectivity index (χ2v) is 9.01. The topological polar surface area (TPSA) is 104 Å². The number of nitrogens with one attached hydrogen (secondary N) is 3. The van der Waals surface area contributed by atoms with Crippen LogP contribution in [0, 0.1) is 0 Å². The SMILES string of the molecule is CNC(=O)c1sc(C(=O)Nc2cccc(NS(C)(=O)=O)c2)cc1-c1ccccc1. The molecule has 0 aliphatic rings. The second kappa shape index (κ2) is 8.46. The Morgan fingerprint density at radius 1 is 0.897 bits per heavy atom. The zero-order valence-corrected chi connectivity index (χ0v) is 17.4. The van der Waals surface area contributed by atoms with Gasteiger partial charge in [0.2, 0.25) is 10.0 Å². The van der Waals surface area contributed by atoms with Crippen molar-refractivity contribution in [3.8, 4) is 11.1 Å². The molecule has 3 aromatic rings. The summed E-state index contributed by atoms with van der Waals surface area (Å²) in [5.41, 5.74) is 2.28. The zero-order valence-electron chi connectivity index (χ0n) is 15.7. The Balaban J connectivity index is 1.89. The molecule has 0 saturated heterocycles. The fraction of sp³-hybridized carbons (Fsp3) is 0.100. The average Bonchev–Trinajstić information content (AvgIpc) is 3.12. The molecule has 2 aromatic carbocycles. The van der Waals surface area contributed by atoms with Crippen molar-refractivity contribution >= 4 is 44.5 Å². The molecule has 2 amide bonds. The van der Waals surface area contributed by atoms with Crippen LogP contribution in [0.3, 0.4) is 0 Å². The molecule has 1 aromatic heterocycles. The van der Waals surface area contributed by atoms with E-state index >= 15 is 0 Å². The molecular formula is C20H19N3O4S2. The molecule has 150 valence electrons. The van der Waals surface area contributed by atoms with Crippen molar-refractivity contribution in [1.82, 2.24) is 5.32 Å². The molecule has 0 saturated carbocycles. The molecule has 0 unspecified atom stereocenters. The van der Waals surface area contributed by atoms with Crippen LogP contribution in [0.5, 0.6) is 0 Å². The summed E-state index contributed by atoms with van der Waals surface area (Å²) in [6, 6.07) is 17.4. The largest absolute Gasteiger partial charge is 0.354 e. The van der Waals surface area contributed by atoms with Crippen LogP contribution in [0.2, 0.25) is 0 Å². The molecule has 0 spiro atoms. The van der Waals surface area contributed by atoms with Crippen molar-refractivity contribution in [2.75, 3.05) is 23.3 Å². The van der Waals surface area contributed by atoms with E-state index in [0.29, 0.717) is 26.7 Å². The highest BCUT2D eigenvalue weighted by molar-refractivity contribution is 7.92. The van der Waals surface area contributed by atoms with Gasteiger partial charge < -0.3 is 10.6 Å². The molecule has 29 heavy (non-hydrogen) atoms. The molecule has 0 atom stereocenters. The highest BCUT2D eigenvalue weighted by Crippen LogP contribution is 2.32. The first kappa shape index (κ1) is 20.6. The van der Waals surface area contributed by atoms with Gasteiger partial charge in [-0.1, -0.05) is 36.4 Å². The molecule has 1 heterocycles. The number of hydrogen-bond donors (Lipinski definition) is 3.